The summed E-state index contributed by atoms with van der Waals surface area (Å²) in [5.41, 5.74) is 1.76. The molecular weight excluding hydrogens is 328 g/mol. The van der Waals surface area contributed by atoms with E-state index in [1.54, 1.807) is 18.2 Å². The number of carbonyl (C=O) groups is 1. The van der Waals surface area contributed by atoms with Crippen molar-refractivity contribution in [2.24, 2.45) is 0 Å². The molecule has 2 aromatic rings. The van der Waals surface area contributed by atoms with Gasteiger partial charge in [0.2, 0.25) is 0 Å². The Balaban J connectivity index is 1.90. The van der Waals surface area contributed by atoms with Crippen molar-refractivity contribution in [2.45, 2.75) is 33.4 Å². The van der Waals surface area contributed by atoms with Crippen LogP contribution in [0.4, 0.5) is 0 Å². The largest absolute Gasteiger partial charge is 0.494 e. The minimum absolute atomic E-state index is 0.00231. The van der Waals surface area contributed by atoms with Crippen LogP contribution in [0.3, 0.4) is 0 Å². The number of carbonyl (C=O) groups excluding carboxylic acids is 1. The standard InChI is InChI=1S/C21H28N2O3/c1-4-25-19-11-18(12-20(13-19)26-5-2)21(24)23-16(3)14-22-15-17-9-7-6-8-10-17/h6-13,16,22H,4-5,14-15H2,1-3H3,(H,23,24). The zero-order valence-corrected chi connectivity index (χ0v) is 15.7. The highest BCUT2D eigenvalue weighted by molar-refractivity contribution is 5.95. The van der Waals surface area contributed by atoms with Gasteiger partial charge in [-0.2, -0.15) is 0 Å². The Morgan fingerprint density at radius 1 is 1.00 bits per heavy atom. The maximum atomic E-state index is 12.6. The first-order valence-corrected chi connectivity index (χ1v) is 9.08. The van der Waals surface area contributed by atoms with E-state index in [-0.39, 0.29) is 11.9 Å². The number of nitrogens with one attached hydrogen (secondary N) is 2. The summed E-state index contributed by atoms with van der Waals surface area (Å²) in [5, 5.41) is 6.37. The lowest BCUT2D eigenvalue weighted by Gasteiger charge is -2.16. The fraction of sp³-hybridized carbons (Fsp3) is 0.381. The molecule has 2 N–H and O–H groups in total. The van der Waals surface area contributed by atoms with E-state index in [1.807, 2.05) is 39.0 Å². The fourth-order valence-electron chi connectivity index (χ4n) is 2.59. The van der Waals surface area contributed by atoms with Crippen LogP contribution in [0.5, 0.6) is 11.5 Å². The highest BCUT2D eigenvalue weighted by Gasteiger charge is 2.13. The number of amides is 1. The van der Waals surface area contributed by atoms with Crippen LogP contribution in [-0.2, 0) is 6.54 Å². The smallest absolute Gasteiger partial charge is 0.251 e. The van der Waals surface area contributed by atoms with Crippen LogP contribution in [-0.4, -0.2) is 31.7 Å². The number of ether oxygens (including phenoxy) is 2. The third-order valence-corrected chi connectivity index (χ3v) is 3.76. The molecule has 5 nitrogen and oxygen atoms in total. The van der Waals surface area contributed by atoms with Gasteiger partial charge in [-0.05, 0) is 38.5 Å². The lowest BCUT2D eigenvalue weighted by molar-refractivity contribution is 0.0938. The summed E-state index contributed by atoms with van der Waals surface area (Å²) in [7, 11) is 0. The maximum absolute atomic E-state index is 12.6. The van der Waals surface area contributed by atoms with Crippen LogP contribution >= 0.6 is 0 Å². The van der Waals surface area contributed by atoms with Crippen molar-refractivity contribution in [3.63, 3.8) is 0 Å². The molecular formula is C21H28N2O3. The Hall–Kier alpha value is -2.53. The van der Waals surface area contributed by atoms with Gasteiger partial charge in [-0.25, -0.2) is 0 Å². The molecule has 0 heterocycles. The average Bonchev–Trinajstić information content (AvgIpc) is 2.63. The van der Waals surface area contributed by atoms with E-state index in [4.69, 9.17) is 9.47 Å². The summed E-state index contributed by atoms with van der Waals surface area (Å²) in [4.78, 5) is 12.6. The van der Waals surface area contributed by atoms with Gasteiger partial charge < -0.3 is 20.1 Å². The highest BCUT2D eigenvalue weighted by Crippen LogP contribution is 2.23. The molecule has 5 heteroatoms. The Bertz CT molecular complexity index is 665. The van der Waals surface area contributed by atoms with E-state index in [1.165, 1.54) is 5.56 Å². The van der Waals surface area contributed by atoms with E-state index < -0.39 is 0 Å². The Kier molecular flexibility index (Phi) is 7.96. The van der Waals surface area contributed by atoms with E-state index in [0.29, 0.717) is 36.8 Å². The molecule has 0 fully saturated rings. The van der Waals surface area contributed by atoms with Crippen molar-refractivity contribution in [1.29, 1.82) is 0 Å². The van der Waals surface area contributed by atoms with Gasteiger partial charge in [0.25, 0.3) is 5.91 Å². The van der Waals surface area contributed by atoms with Crippen LogP contribution in [0.2, 0.25) is 0 Å². The predicted octanol–water partition coefficient (Wildman–Crippen LogP) is 3.39. The monoisotopic (exact) mass is 356 g/mol. The zero-order chi connectivity index (χ0) is 18.8. The summed E-state index contributed by atoms with van der Waals surface area (Å²) in [5.74, 6) is 1.14. The molecule has 2 aromatic carbocycles. The van der Waals surface area contributed by atoms with Gasteiger partial charge in [0, 0.05) is 30.8 Å². The van der Waals surface area contributed by atoms with Crippen molar-refractivity contribution in [2.75, 3.05) is 19.8 Å². The SMILES string of the molecule is CCOc1cc(OCC)cc(C(=O)NC(C)CNCc2ccccc2)c1. The van der Waals surface area contributed by atoms with Gasteiger partial charge in [0.05, 0.1) is 13.2 Å². The first-order chi connectivity index (χ1) is 12.6. The van der Waals surface area contributed by atoms with Crippen molar-refractivity contribution < 1.29 is 14.3 Å². The molecule has 0 bridgehead atoms. The Morgan fingerprint density at radius 2 is 1.62 bits per heavy atom. The summed E-state index contributed by atoms with van der Waals surface area (Å²) in [6.07, 6.45) is 0. The average molecular weight is 356 g/mol. The second-order valence-corrected chi connectivity index (χ2v) is 6.05. The van der Waals surface area contributed by atoms with Crippen molar-refractivity contribution in [3.05, 3.63) is 59.7 Å². The van der Waals surface area contributed by atoms with Crippen LogP contribution < -0.4 is 20.1 Å². The first-order valence-electron chi connectivity index (χ1n) is 9.08. The van der Waals surface area contributed by atoms with Crippen LogP contribution in [0.25, 0.3) is 0 Å². The van der Waals surface area contributed by atoms with Gasteiger partial charge in [0.15, 0.2) is 0 Å². The molecule has 1 atom stereocenters. The van der Waals surface area contributed by atoms with Gasteiger partial charge >= 0.3 is 0 Å². The van der Waals surface area contributed by atoms with Gasteiger partial charge in [-0.3, -0.25) is 4.79 Å². The van der Waals surface area contributed by atoms with Crippen LogP contribution in [0.1, 0.15) is 36.7 Å². The number of benzene rings is 2. The Morgan fingerprint density at radius 3 is 2.19 bits per heavy atom. The molecule has 140 valence electrons. The molecule has 26 heavy (non-hydrogen) atoms. The van der Waals surface area contributed by atoms with E-state index >= 15 is 0 Å². The molecule has 0 saturated carbocycles. The predicted molar refractivity (Wildman–Crippen MR) is 104 cm³/mol. The van der Waals surface area contributed by atoms with Gasteiger partial charge in [-0.15, -0.1) is 0 Å². The topological polar surface area (TPSA) is 59.6 Å². The van der Waals surface area contributed by atoms with E-state index in [2.05, 4.69) is 22.8 Å². The van der Waals surface area contributed by atoms with E-state index in [0.717, 1.165) is 6.54 Å². The summed E-state index contributed by atoms with van der Waals surface area (Å²) < 4.78 is 11.1. The van der Waals surface area contributed by atoms with E-state index in [9.17, 15) is 4.79 Å². The molecule has 2 rings (SSSR count). The summed E-state index contributed by atoms with van der Waals surface area (Å²) in [6, 6.07) is 15.5. The van der Waals surface area contributed by atoms with Crippen LogP contribution in [0.15, 0.2) is 48.5 Å². The lowest BCUT2D eigenvalue weighted by Crippen LogP contribution is -2.39. The van der Waals surface area contributed by atoms with Crippen molar-refractivity contribution in [1.82, 2.24) is 10.6 Å². The molecule has 0 radical (unpaired) electrons. The molecule has 0 saturated heterocycles. The normalized spacial score (nSPS) is 11.7. The summed E-state index contributed by atoms with van der Waals surface area (Å²) in [6.45, 7) is 8.33. The Labute approximate surface area is 155 Å². The molecule has 0 aliphatic carbocycles. The summed E-state index contributed by atoms with van der Waals surface area (Å²) >= 11 is 0. The van der Waals surface area contributed by atoms with Gasteiger partial charge in [0.1, 0.15) is 11.5 Å². The molecule has 1 amide bonds. The quantitative estimate of drug-likeness (QED) is 0.685. The molecule has 0 aromatic heterocycles. The second-order valence-electron chi connectivity index (χ2n) is 6.05. The third kappa shape index (κ3) is 6.41. The van der Waals surface area contributed by atoms with Crippen molar-refractivity contribution >= 4 is 5.91 Å². The molecule has 1 unspecified atom stereocenters. The second kappa shape index (κ2) is 10.5. The molecule has 0 spiro atoms. The lowest BCUT2D eigenvalue weighted by atomic mass is 10.1. The third-order valence-electron chi connectivity index (χ3n) is 3.76. The maximum Gasteiger partial charge on any atom is 0.251 e. The minimum atomic E-state index is -0.137. The zero-order valence-electron chi connectivity index (χ0n) is 15.7. The van der Waals surface area contributed by atoms with Crippen molar-refractivity contribution in [3.8, 4) is 11.5 Å². The van der Waals surface area contributed by atoms with Crippen LogP contribution in [0, 0.1) is 0 Å². The van der Waals surface area contributed by atoms with Gasteiger partial charge in [-0.1, -0.05) is 30.3 Å². The minimum Gasteiger partial charge on any atom is -0.494 e. The highest BCUT2D eigenvalue weighted by atomic mass is 16.5. The number of rotatable bonds is 10. The molecule has 0 aliphatic heterocycles. The first kappa shape index (κ1) is 19.8. The molecule has 0 aliphatic rings. The number of hydrogen-bond acceptors (Lipinski definition) is 4. The fourth-order valence-corrected chi connectivity index (χ4v) is 2.59. The number of hydrogen-bond donors (Lipinski definition) is 2.